The Morgan fingerprint density at radius 1 is 0.556 bits per heavy atom. The summed E-state index contributed by atoms with van der Waals surface area (Å²) < 4.78 is 0. The van der Waals surface area contributed by atoms with Crippen molar-refractivity contribution in [1.82, 2.24) is 0 Å². The van der Waals surface area contributed by atoms with Gasteiger partial charge in [-0.3, -0.25) is 0 Å². The first kappa shape index (κ1) is 21.4. The molecule has 142 valence electrons. The molecule has 0 fully saturated rings. The highest BCUT2D eigenvalue weighted by atomic mass is 79.9. The molecule has 0 aliphatic carbocycles. The number of aryl methyl sites for hydroxylation is 3. The smallest absolute Gasteiger partial charge is 0.0546 e. The van der Waals surface area contributed by atoms with Crippen molar-refractivity contribution in [2.75, 3.05) is 5.33 Å². The lowest BCUT2D eigenvalue weighted by atomic mass is 10.0. The Morgan fingerprint density at radius 2 is 0.889 bits per heavy atom. The van der Waals surface area contributed by atoms with Gasteiger partial charge in [-0.1, -0.05) is 107 Å². The van der Waals surface area contributed by atoms with Gasteiger partial charge in [0, 0.05) is 5.33 Å². The van der Waals surface area contributed by atoms with Crippen molar-refractivity contribution in [3.05, 3.63) is 108 Å². The first-order chi connectivity index (χ1) is 13.3. The first-order valence-electron chi connectivity index (χ1n) is 9.63. The zero-order valence-corrected chi connectivity index (χ0v) is 17.4. The van der Waals surface area contributed by atoms with Crippen molar-refractivity contribution < 1.29 is 5.11 Å². The van der Waals surface area contributed by atoms with Crippen LogP contribution in [0.25, 0.3) is 0 Å². The highest BCUT2D eigenvalue weighted by Crippen LogP contribution is 2.10. The number of rotatable bonds is 8. The van der Waals surface area contributed by atoms with Crippen LogP contribution in [0, 0.1) is 0 Å². The van der Waals surface area contributed by atoms with E-state index in [4.69, 9.17) is 0 Å². The summed E-state index contributed by atoms with van der Waals surface area (Å²) >= 11 is 3.39. The van der Waals surface area contributed by atoms with E-state index in [1.807, 2.05) is 42.5 Å². The quantitative estimate of drug-likeness (QED) is 0.424. The van der Waals surface area contributed by atoms with Gasteiger partial charge >= 0.3 is 0 Å². The van der Waals surface area contributed by atoms with Crippen molar-refractivity contribution in [2.45, 2.75) is 38.2 Å². The van der Waals surface area contributed by atoms with Crippen LogP contribution in [-0.2, 0) is 19.3 Å². The normalized spacial score (nSPS) is 10.3. The summed E-state index contributed by atoms with van der Waals surface area (Å²) in [6, 6.07) is 31.2. The fraction of sp³-hybridized carbons (Fsp3) is 0.280. The molecule has 0 radical (unpaired) electrons. The van der Waals surface area contributed by atoms with Gasteiger partial charge in [0.2, 0.25) is 0 Å². The van der Waals surface area contributed by atoms with Crippen molar-refractivity contribution in [3.63, 3.8) is 0 Å². The largest absolute Gasteiger partial charge is 0.393 e. The molecule has 0 spiro atoms. The van der Waals surface area contributed by atoms with Crippen LogP contribution in [0.3, 0.4) is 0 Å². The van der Waals surface area contributed by atoms with E-state index in [0.29, 0.717) is 0 Å². The van der Waals surface area contributed by atoms with Gasteiger partial charge in [0.25, 0.3) is 0 Å². The summed E-state index contributed by atoms with van der Waals surface area (Å²) in [5.74, 6) is 0. The van der Waals surface area contributed by atoms with E-state index in [-0.39, 0.29) is 6.10 Å². The van der Waals surface area contributed by atoms with Crippen molar-refractivity contribution in [3.8, 4) is 0 Å². The summed E-state index contributed by atoms with van der Waals surface area (Å²) in [7, 11) is 0. The molecule has 0 bridgehead atoms. The molecule has 0 saturated heterocycles. The third kappa shape index (κ3) is 9.55. The predicted octanol–water partition coefficient (Wildman–Crippen LogP) is 6.24. The second-order valence-corrected chi connectivity index (χ2v) is 7.42. The standard InChI is InChI=1S/C17H20O.C8H9Br/c18-17(13-11-15-7-3-1-4-8-15)14-12-16-9-5-2-6-10-16;9-7-6-8-4-2-1-3-5-8/h1-10,17-18H,11-14H2;1-5H,6-7H2. The Bertz CT molecular complexity index is 670. The lowest BCUT2D eigenvalue weighted by Crippen LogP contribution is -2.09. The number of aliphatic hydroxyl groups is 1. The van der Waals surface area contributed by atoms with E-state index in [0.717, 1.165) is 37.4 Å². The Labute approximate surface area is 172 Å². The Hall–Kier alpha value is -1.90. The van der Waals surface area contributed by atoms with Crippen molar-refractivity contribution >= 4 is 15.9 Å². The van der Waals surface area contributed by atoms with E-state index < -0.39 is 0 Å². The number of halogens is 1. The topological polar surface area (TPSA) is 20.2 Å². The molecule has 3 aromatic rings. The molecule has 0 aromatic heterocycles. The van der Waals surface area contributed by atoms with E-state index >= 15 is 0 Å². The molecule has 0 heterocycles. The Morgan fingerprint density at radius 3 is 1.22 bits per heavy atom. The average molecular weight is 425 g/mol. The molecule has 0 saturated carbocycles. The molecule has 0 aliphatic rings. The fourth-order valence-electron chi connectivity index (χ4n) is 2.85. The van der Waals surface area contributed by atoms with Crippen LogP contribution in [-0.4, -0.2) is 16.5 Å². The zero-order valence-electron chi connectivity index (χ0n) is 15.8. The van der Waals surface area contributed by atoms with Crippen LogP contribution in [0.2, 0.25) is 0 Å². The second-order valence-electron chi connectivity index (χ2n) is 6.63. The molecule has 1 N–H and O–H groups in total. The van der Waals surface area contributed by atoms with E-state index in [1.165, 1.54) is 16.7 Å². The molecule has 3 aromatic carbocycles. The maximum atomic E-state index is 9.97. The van der Waals surface area contributed by atoms with E-state index in [2.05, 4.69) is 64.5 Å². The second kappa shape index (κ2) is 13.3. The zero-order chi connectivity index (χ0) is 19.2. The molecular formula is C25H29BrO. The van der Waals surface area contributed by atoms with Crippen LogP contribution >= 0.6 is 15.9 Å². The lowest BCUT2D eigenvalue weighted by molar-refractivity contribution is 0.155. The molecule has 0 amide bonds. The number of aliphatic hydroxyl groups excluding tert-OH is 1. The van der Waals surface area contributed by atoms with Gasteiger partial charge in [-0.05, 0) is 48.8 Å². The van der Waals surface area contributed by atoms with Crippen LogP contribution in [0.5, 0.6) is 0 Å². The summed E-state index contributed by atoms with van der Waals surface area (Å²) in [6.07, 6.45) is 4.52. The van der Waals surface area contributed by atoms with Gasteiger partial charge in [0.15, 0.2) is 0 Å². The maximum Gasteiger partial charge on any atom is 0.0546 e. The summed E-state index contributed by atoms with van der Waals surface area (Å²) in [5, 5.41) is 11.0. The molecule has 1 nitrogen and oxygen atoms in total. The SMILES string of the molecule is BrCCc1ccccc1.OC(CCc1ccccc1)CCc1ccccc1. The van der Waals surface area contributed by atoms with Gasteiger partial charge in [-0.25, -0.2) is 0 Å². The van der Waals surface area contributed by atoms with E-state index in [1.54, 1.807) is 0 Å². The van der Waals surface area contributed by atoms with Gasteiger partial charge < -0.3 is 5.11 Å². The highest BCUT2D eigenvalue weighted by molar-refractivity contribution is 9.09. The average Bonchev–Trinajstić information content (AvgIpc) is 2.74. The lowest BCUT2D eigenvalue weighted by Gasteiger charge is -2.10. The number of benzene rings is 3. The van der Waals surface area contributed by atoms with Gasteiger partial charge in [0.05, 0.1) is 6.10 Å². The van der Waals surface area contributed by atoms with Crippen LogP contribution in [0.4, 0.5) is 0 Å². The summed E-state index contributed by atoms with van der Waals surface area (Å²) in [5.41, 5.74) is 4.00. The maximum absolute atomic E-state index is 9.97. The molecular weight excluding hydrogens is 396 g/mol. The monoisotopic (exact) mass is 424 g/mol. The van der Waals surface area contributed by atoms with Crippen LogP contribution in [0.15, 0.2) is 91.0 Å². The third-order valence-corrected chi connectivity index (χ3v) is 4.84. The van der Waals surface area contributed by atoms with Crippen LogP contribution in [0.1, 0.15) is 29.5 Å². The first-order valence-corrected chi connectivity index (χ1v) is 10.8. The third-order valence-electron chi connectivity index (χ3n) is 4.44. The van der Waals surface area contributed by atoms with Crippen LogP contribution < -0.4 is 0 Å². The predicted molar refractivity (Wildman–Crippen MR) is 119 cm³/mol. The molecule has 0 aliphatic heterocycles. The molecule has 0 unspecified atom stereocenters. The van der Waals surface area contributed by atoms with Gasteiger partial charge in [-0.2, -0.15) is 0 Å². The number of hydrogen-bond acceptors (Lipinski definition) is 1. The summed E-state index contributed by atoms with van der Waals surface area (Å²) in [6.45, 7) is 0. The van der Waals surface area contributed by atoms with Crippen molar-refractivity contribution in [2.24, 2.45) is 0 Å². The Kier molecular flexibility index (Phi) is 10.5. The molecule has 2 heteroatoms. The number of alkyl halides is 1. The minimum atomic E-state index is -0.203. The van der Waals surface area contributed by atoms with Gasteiger partial charge in [-0.15, -0.1) is 0 Å². The summed E-state index contributed by atoms with van der Waals surface area (Å²) in [4.78, 5) is 0. The highest BCUT2D eigenvalue weighted by Gasteiger charge is 2.05. The molecule has 0 atom stereocenters. The Balaban J connectivity index is 0.000000244. The minimum absolute atomic E-state index is 0.203. The number of hydrogen-bond donors (Lipinski definition) is 1. The fourth-order valence-corrected chi connectivity index (χ4v) is 3.31. The molecule has 27 heavy (non-hydrogen) atoms. The minimum Gasteiger partial charge on any atom is -0.393 e. The van der Waals surface area contributed by atoms with Crippen molar-refractivity contribution in [1.29, 1.82) is 0 Å². The molecule has 3 rings (SSSR count). The van der Waals surface area contributed by atoms with E-state index in [9.17, 15) is 5.11 Å². The van der Waals surface area contributed by atoms with Gasteiger partial charge in [0.1, 0.15) is 0 Å².